The van der Waals surface area contributed by atoms with Crippen LogP contribution in [0.4, 0.5) is 0 Å². The number of pyridine rings is 1. The van der Waals surface area contributed by atoms with Crippen molar-refractivity contribution in [3.63, 3.8) is 0 Å². The third-order valence-electron chi connectivity index (χ3n) is 3.59. The van der Waals surface area contributed by atoms with E-state index in [0.29, 0.717) is 5.88 Å². The van der Waals surface area contributed by atoms with Crippen molar-refractivity contribution in [3.05, 3.63) is 59.7 Å². The summed E-state index contributed by atoms with van der Waals surface area (Å²) in [5.74, 6) is 1.29. The van der Waals surface area contributed by atoms with Gasteiger partial charge in [0, 0.05) is 12.4 Å². The van der Waals surface area contributed by atoms with Crippen molar-refractivity contribution in [2.75, 3.05) is 0 Å². The van der Waals surface area contributed by atoms with E-state index in [2.05, 4.69) is 46.6 Å². The Morgan fingerprint density at radius 1 is 1.30 bits per heavy atom. The smallest absolute Gasteiger partial charge is 0.125 e. The first kappa shape index (κ1) is 13.1. The third kappa shape index (κ3) is 2.18. The van der Waals surface area contributed by atoms with Crippen molar-refractivity contribution in [1.82, 2.24) is 14.5 Å². The summed E-state index contributed by atoms with van der Waals surface area (Å²) in [4.78, 5) is 8.83. The van der Waals surface area contributed by atoms with Gasteiger partial charge in [0.05, 0.1) is 23.0 Å². The minimum absolute atomic E-state index is 0.157. The van der Waals surface area contributed by atoms with E-state index in [9.17, 15) is 0 Å². The lowest BCUT2D eigenvalue weighted by molar-refractivity contribution is 0.631. The molecule has 0 amide bonds. The molecule has 102 valence electrons. The fourth-order valence-electron chi connectivity index (χ4n) is 2.55. The van der Waals surface area contributed by atoms with E-state index >= 15 is 0 Å². The van der Waals surface area contributed by atoms with Crippen molar-refractivity contribution in [1.29, 1.82) is 0 Å². The summed E-state index contributed by atoms with van der Waals surface area (Å²) in [5.41, 5.74) is 4.48. The molecule has 0 aliphatic rings. The van der Waals surface area contributed by atoms with Crippen LogP contribution in [0.15, 0.2) is 42.7 Å². The maximum Gasteiger partial charge on any atom is 0.125 e. The molecule has 20 heavy (non-hydrogen) atoms. The van der Waals surface area contributed by atoms with Crippen LogP contribution in [0.1, 0.15) is 29.9 Å². The summed E-state index contributed by atoms with van der Waals surface area (Å²) < 4.78 is 2.20. The van der Waals surface area contributed by atoms with Crippen molar-refractivity contribution < 1.29 is 0 Å². The number of alkyl halides is 1. The first-order valence-corrected chi connectivity index (χ1v) is 7.17. The third-order valence-corrected chi connectivity index (χ3v) is 3.83. The number of hydrogen-bond acceptors (Lipinski definition) is 2. The molecule has 0 saturated heterocycles. The number of benzene rings is 1. The molecule has 0 radical (unpaired) electrons. The highest BCUT2D eigenvalue weighted by Gasteiger charge is 2.16. The van der Waals surface area contributed by atoms with Gasteiger partial charge in [0.15, 0.2) is 0 Å². The van der Waals surface area contributed by atoms with Gasteiger partial charge in [-0.1, -0.05) is 12.1 Å². The SMILES string of the molecule is Cc1ccc2nc(CCl)n(C(C)c3cccnc3)c2c1. The number of aromatic nitrogens is 3. The molecule has 3 aromatic rings. The minimum Gasteiger partial charge on any atom is -0.320 e. The molecule has 0 aliphatic heterocycles. The van der Waals surface area contributed by atoms with Gasteiger partial charge < -0.3 is 4.57 Å². The standard InChI is InChI=1S/C16H16ClN3/c1-11-5-6-14-15(8-11)20(16(9-17)19-14)12(2)13-4-3-7-18-10-13/h3-8,10,12H,9H2,1-2H3. The van der Waals surface area contributed by atoms with Crippen LogP contribution in [-0.2, 0) is 5.88 Å². The first-order chi connectivity index (χ1) is 9.70. The summed E-state index contributed by atoms with van der Waals surface area (Å²) in [7, 11) is 0. The van der Waals surface area contributed by atoms with Crippen molar-refractivity contribution in [2.24, 2.45) is 0 Å². The summed E-state index contributed by atoms with van der Waals surface area (Å²) in [6.45, 7) is 4.24. The molecule has 4 heteroatoms. The predicted molar refractivity (Wildman–Crippen MR) is 82.1 cm³/mol. The fourth-order valence-corrected chi connectivity index (χ4v) is 2.74. The molecule has 3 rings (SSSR count). The lowest BCUT2D eigenvalue weighted by Crippen LogP contribution is -2.10. The van der Waals surface area contributed by atoms with E-state index in [-0.39, 0.29) is 6.04 Å². The van der Waals surface area contributed by atoms with Gasteiger partial charge in [0.1, 0.15) is 5.82 Å². The number of fused-ring (bicyclic) bond motifs is 1. The normalized spacial score (nSPS) is 12.8. The van der Waals surface area contributed by atoms with Gasteiger partial charge in [-0.05, 0) is 43.2 Å². The van der Waals surface area contributed by atoms with Crippen LogP contribution in [0, 0.1) is 6.92 Å². The minimum atomic E-state index is 0.157. The quantitative estimate of drug-likeness (QED) is 0.679. The second-order valence-corrected chi connectivity index (χ2v) is 5.25. The highest BCUT2D eigenvalue weighted by molar-refractivity contribution is 6.16. The number of nitrogens with zero attached hydrogens (tertiary/aromatic N) is 3. The topological polar surface area (TPSA) is 30.7 Å². The molecule has 3 nitrogen and oxygen atoms in total. The average molecular weight is 286 g/mol. The molecule has 0 aliphatic carbocycles. The Morgan fingerprint density at radius 2 is 2.15 bits per heavy atom. The molecule has 0 bridgehead atoms. The molecule has 0 N–H and O–H groups in total. The van der Waals surface area contributed by atoms with E-state index in [0.717, 1.165) is 22.4 Å². The number of halogens is 1. The molecule has 1 unspecified atom stereocenters. The van der Waals surface area contributed by atoms with Gasteiger partial charge in [-0.2, -0.15) is 0 Å². The van der Waals surface area contributed by atoms with Gasteiger partial charge in [-0.15, -0.1) is 11.6 Å². The summed E-state index contributed by atoms with van der Waals surface area (Å²) in [6.07, 6.45) is 3.68. The molecule has 0 saturated carbocycles. The van der Waals surface area contributed by atoms with Gasteiger partial charge >= 0.3 is 0 Å². The van der Waals surface area contributed by atoms with Crippen molar-refractivity contribution in [2.45, 2.75) is 25.8 Å². The Hall–Kier alpha value is -1.87. The number of hydrogen-bond donors (Lipinski definition) is 0. The van der Waals surface area contributed by atoms with Crippen molar-refractivity contribution in [3.8, 4) is 0 Å². The van der Waals surface area contributed by atoms with Crippen LogP contribution in [0.5, 0.6) is 0 Å². The van der Waals surface area contributed by atoms with Crippen LogP contribution < -0.4 is 0 Å². The predicted octanol–water partition coefficient (Wildman–Crippen LogP) is 4.09. The van der Waals surface area contributed by atoms with Crippen LogP contribution in [-0.4, -0.2) is 14.5 Å². The monoisotopic (exact) mass is 285 g/mol. The molecule has 1 aromatic carbocycles. The molecule has 2 aromatic heterocycles. The van der Waals surface area contributed by atoms with Crippen LogP contribution in [0.2, 0.25) is 0 Å². The van der Waals surface area contributed by atoms with Crippen LogP contribution in [0.3, 0.4) is 0 Å². The average Bonchev–Trinajstić information content (AvgIpc) is 2.85. The van der Waals surface area contributed by atoms with Gasteiger partial charge in [-0.3, -0.25) is 4.98 Å². The van der Waals surface area contributed by atoms with Gasteiger partial charge in [0.2, 0.25) is 0 Å². The van der Waals surface area contributed by atoms with E-state index in [4.69, 9.17) is 11.6 Å². The molecular weight excluding hydrogens is 270 g/mol. The number of rotatable bonds is 3. The molecular formula is C16H16ClN3. The zero-order chi connectivity index (χ0) is 14.1. The fraction of sp³-hybridized carbons (Fsp3) is 0.250. The Bertz CT molecular complexity index is 734. The molecule has 0 fully saturated rings. The van der Waals surface area contributed by atoms with Gasteiger partial charge in [-0.25, -0.2) is 4.98 Å². The second kappa shape index (κ2) is 5.25. The van der Waals surface area contributed by atoms with E-state index < -0.39 is 0 Å². The van der Waals surface area contributed by atoms with Crippen LogP contribution in [0.25, 0.3) is 11.0 Å². The highest BCUT2D eigenvalue weighted by Crippen LogP contribution is 2.27. The molecule has 0 spiro atoms. The lowest BCUT2D eigenvalue weighted by atomic mass is 10.1. The van der Waals surface area contributed by atoms with Gasteiger partial charge in [0.25, 0.3) is 0 Å². The Kier molecular flexibility index (Phi) is 3.45. The first-order valence-electron chi connectivity index (χ1n) is 6.64. The van der Waals surface area contributed by atoms with E-state index in [1.807, 2.05) is 18.3 Å². The lowest BCUT2D eigenvalue weighted by Gasteiger charge is -2.17. The largest absolute Gasteiger partial charge is 0.320 e. The Balaban J connectivity index is 2.21. The zero-order valence-electron chi connectivity index (χ0n) is 11.5. The van der Waals surface area contributed by atoms with E-state index in [1.54, 1.807) is 6.20 Å². The summed E-state index contributed by atoms with van der Waals surface area (Å²) in [6, 6.07) is 10.5. The number of aryl methyl sites for hydroxylation is 1. The zero-order valence-corrected chi connectivity index (χ0v) is 12.3. The summed E-state index contributed by atoms with van der Waals surface area (Å²) in [5, 5.41) is 0. The maximum absolute atomic E-state index is 6.08. The molecule has 1 atom stereocenters. The second-order valence-electron chi connectivity index (χ2n) is 4.99. The number of imidazole rings is 1. The van der Waals surface area contributed by atoms with Crippen molar-refractivity contribution >= 4 is 22.6 Å². The summed E-state index contributed by atoms with van der Waals surface area (Å²) >= 11 is 6.08. The van der Waals surface area contributed by atoms with E-state index in [1.165, 1.54) is 5.56 Å². The van der Waals surface area contributed by atoms with Crippen LogP contribution >= 0.6 is 11.6 Å². The highest BCUT2D eigenvalue weighted by atomic mass is 35.5. The Labute approximate surface area is 123 Å². The maximum atomic E-state index is 6.08. The Morgan fingerprint density at radius 3 is 2.85 bits per heavy atom. The molecule has 2 heterocycles.